The number of hydrogen-bond acceptors (Lipinski definition) is 4. The summed E-state index contributed by atoms with van der Waals surface area (Å²) in [4.78, 5) is 29.0. The molecular formula is C24H26FN5O2. The number of aryl methyl sites for hydroxylation is 1. The molecule has 1 fully saturated rings. The fourth-order valence-corrected chi connectivity index (χ4v) is 3.81. The number of nitrogens with zero attached hydrogens (tertiary/aromatic N) is 4. The molecular weight excluding hydrogens is 409 g/mol. The van der Waals surface area contributed by atoms with Crippen molar-refractivity contribution >= 4 is 17.5 Å². The molecule has 0 saturated carbocycles. The molecule has 2 heterocycles. The predicted octanol–water partition coefficient (Wildman–Crippen LogP) is 2.79. The van der Waals surface area contributed by atoms with Gasteiger partial charge in [0.1, 0.15) is 5.82 Å². The van der Waals surface area contributed by atoms with Crippen molar-refractivity contribution in [1.82, 2.24) is 20.0 Å². The van der Waals surface area contributed by atoms with Gasteiger partial charge >= 0.3 is 0 Å². The van der Waals surface area contributed by atoms with E-state index in [4.69, 9.17) is 0 Å². The van der Waals surface area contributed by atoms with E-state index in [0.29, 0.717) is 31.9 Å². The number of nitrogens with one attached hydrogen (secondary N) is 1. The summed E-state index contributed by atoms with van der Waals surface area (Å²) in [6.07, 6.45) is 0.237. The van der Waals surface area contributed by atoms with Crippen LogP contribution in [0.5, 0.6) is 0 Å². The minimum absolute atomic E-state index is 0.00931. The summed E-state index contributed by atoms with van der Waals surface area (Å²) in [7, 11) is 0. The number of hydrogen-bond donors (Lipinski definition) is 1. The number of para-hydroxylation sites is 1. The number of benzene rings is 2. The van der Waals surface area contributed by atoms with Gasteiger partial charge in [-0.05, 0) is 49.4 Å². The molecule has 2 aromatic carbocycles. The maximum absolute atomic E-state index is 13.1. The second-order valence-corrected chi connectivity index (χ2v) is 7.77. The molecule has 8 heteroatoms. The zero-order valence-corrected chi connectivity index (χ0v) is 18.0. The Kier molecular flexibility index (Phi) is 6.49. The molecule has 0 spiro atoms. The van der Waals surface area contributed by atoms with Crippen LogP contribution < -0.4 is 10.2 Å². The van der Waals surface area contributed by atoms with Crippen molar-refractivity contribution < 1.29 is 14.0 Å². The third kappa shape index (κ3) is 4.96. The Balaban J connectivity index is 1.24. The fourth-order valence-electron chi connectivity index (χ4n) is 3.81. The quantitative estimate of drug-likeness (QED) is 0.647. The van der Waals surface area contributed by atoms with Gasteiger partial charge in [0.25, 0.3) is 5.91 Å². The molecule has 7 nitrogen and oxygen atoms in total. The van der Waals surface area contributed by atoms with Crippen LogP contribution >= 0.6 is 0 Å². The number of halogens is 1. The Morgan fingerprint density at radius 2 is 1.66 bits per heavy atom. The number of piperazine rings is 1. The first-order chi connectivity index (χ1) is 15.5. The lowest BCUT2D eigenvalue weighted by Crippen LogP contribution is -2.49. The first-order valence-corrected chi connectivity index (χ1v) is 10.7. The number of anilines is 1. The van der Waals surface area contributed by atoms with Gasteiger partial charge < -0.3 is 15.1 Å². The molecule has 4 rings (SSSR count). The zero-order valence-electron chi connectivity index (χ0n) is 18.0. The Morgan fingerprint density at radius 3 is 2.34 bits per heavy atom. The van der Waals surface area contributed by atoms with Crippen LogP contribution in [0.2, 0.25) is 0 Å². The number of rotatable bonds is 6. The van der Waals surface area contributed by atoms with Crippen LogP contribution in [0.4, 0.5) is 10.1 Å². The highest BCUT2D eigenvalue weighted by Crippen LogP contribution is 2.17. The van der Waals surface area contributed by atoms with E-state index in [1.54, 1.807) is 27.8 Å². The normalized spacial score (nSPS) is 13.8. The third-order valence-electron chi connectivity index (χ3n) is 5.57. The molecule has 1 aromatic heterocycles. The van der Waals surface area contributed by atoms with Gasteiger partial charge in [-0.15, -0.1) is 0 Å². The molecule has 3 aromatic rings. The van der Waals surface area contributed by atoms with Crippen LogP contribution in [0.3, 0.4) is 0 Å². The summed E-state index contributed by atoms with van der Waals surface area (Å²) in [5, 5.41) is 7.18. The molecule has 1 aliphatic heterocycles. The number of amides is 2. The second-order valence-electron chi connectivity index (χ2n) is 7.77. The van der Waals surface area contributed by atoms with Gasteiger partial charge in [-0.3, -0.25) is 9.59 Å². The van der Waals surface area contributed by atoms with Gasteiger partial charge in [-0.25, -0.2) is 9.07 Å². The average molecular weight is 436 g/mol. The van der Waals surface area contributed by atoms with Crippen molar-refractivity contribution in [3.05, 3.63) is 77.9 Å². The molecule has 2 amide bonds. The summed E-state index contributed by atoms with van der Waals surface area (Å²) >= 11 is 0. The van der Waals surface area contributed by atoms with Crippen LogP contribution in [0.1, 0.15) is 22.6 Å². The van der Waals surface area contributed by atoms with Gasteiger partial charge in [-0.2, -0.15) is 5.10 Å². The Hall–Kier alpha value is -3.68. The molecule has 0 aliphatic carbocycles. The van der Waals surface area contributed by atoms with Gasteiger partial charge in [0.2, 0.25) is 5.91 Å². The van der Waals surface area contributed by atoms with Crippen molar-refractivity contribution in [2.24, 2.45) is 0 Å². The van der Waals surface area contributed by atoms with E-state index in [2.05, 4.69) is 15.3 Å². The van der Waals surface area contributed by atoms with Crippen molar-refractivity contribution in [3.63, 3.8) is 0 Å². The van der Waals surface area contributed by atoms with Crippen molar-refractivity contribution in [2.45, 2.75) is 13.3 Å². The van der Waals surface area contributed by atoms with E-state index in [1.807, 2.05) is 37.3 Å². The highest BCUT2D eigenvalue weighted by molar-refractivity contribution is 5.92. The molecule has 1 N–H and O–H groups in total. The summed E-state index contributed by atoms with van der Waals surface area (Å²) < 4.78 is 14.8. The Bertz CT molecular complexity index is 1070. The van der Waals surface area contributed by atoms with Crippen LogP contribution in [0.25, 0.3) is 5.69 Å². The average Bonchev–Trinajstić information content (AvgIpc) is 3.22. The summed E-state index contributed by atoms with van der Waals surface area (Å²) in [6.45, 7) is 4.74. The molecule has 166 valence electrons. The molecule has 0 unspecified atom stereocenters. The van der Waals surface area contributed by atoms with Gasteiger partial charge in [0.05, 0.1) is 5.69 Å². The smallest absolute Gasteiger partial charge is 0.271 e. The van der Waals surface area contributed by atoms with E-state index in [1.165, 1.54) is 12.1 Å². The van der Waals surface area contributed by atoms with E-state index in [0.717, 1.165) is 17.1 Å². The Labute approximate surface area is 186 Å². The first-order valence-electron chi connectivity index (χ1n) is 10.7. The monoisotopic (exact) mass is 435 g/mol. The number of aromatic nitrogens is 2. The summed E-state index contributed by atoms with van der Waals surface area (Å²) in [5.41, 5.74) is 3.03. The minimum atomic E-state index is -0.295. The van der Waals surface area contributed by atoms with Crippen LogP contribution in [0, 0.1) is 12.7 Å². The van der Waals surface area contributed by atoms with Gasteiger partial charge in [0, 0.05) is 50.5 Å². The van der Waals surface area contributed by atoms with Crippen molar-refractivity contribution in [2.75, 3.05) is 37.6 Å². The van der Waals surface area contributed by atoms with Crippen molar-refractivity contribution in [3.8, 4) is 5.69 Å². The molecule has 0 radical (unpaired) electrons. The van der Waals surface area contributed by atoms with Crippen LogP contribution in [-0.4, -0.2) is 59.2 Å². The van der Waals surface area contributed by atoms with Crippen LogP contribution in [0.15, 0.2) is 60.7 Å². The first kappa shape index (κ1) is 21.5. The lowest BCUT2D eigenvalue weighted by atomic mass is 10.2. The van der Waals surface area contributed by atoms with Gasteiger partial charge in [-0.1, -0.05) is 18.2 Å². The largest absolute Gasteiger partial charge is 0.368 e. The molecule has 0 bridgehead atoms. The second kappa shape index (κ2) is 9.64. The standard InChI is InChI=1S/C24H26FN5O2/c1-18-17-22(27-30(18)21-5-3-2-4-6-21)24(32)26-12-11-23(31)29-15-13-28(14-16-29)20-9-7-19(25)8-10-20/h2-10,17H,11-16H2,1H3,(H,26,32). The van der Waals surface area contributed by atoms with E-state index in [-0.39, 0.29) is 30.6 Å². The highest BCUT2D eigenvalue weighted by atomic mass is 19.1. The topological polar surface area (TPSA) is 70.5 Å². The SMILES string of the molecule is Cc1cc(C(=O)NCCC(=O)N2CCN(c3ccc(F)cc3)CC2)nn1-c1ccccc1. The Morgan fingerprint density at radius 1 is 0.969 bits per heavy atom. The van der Waals surface area contributed by atoms with Gasteiger partial charge in [0.15, 0.2) is 5.69 Å². The maximum Gasteiger partial charge on any atom is 0.271 e. The fraction of sp³-hybridized carbons (Fsp3) is 0.292. The number of carbonyl (C=O) groups excluding carboxylic acids is 2. The lowest BCUT2D eigenvalue weighted by Gasteiger charge is -2.36. The molecule has 0 atom stereocenters. The number of carbonyl (C=O) groups is 2. The lowest BCUT2D eigenvalue weighted by molar-refractivity contribution is -0.131. The molecule has 1 saturated heterocycles. The maximum atomic E-state index is 13.1. The highest BCUT2D eigenvalue weighted by Gasteiger charge is 2.21. The third-order valence-corrected chi connectivity index (χ3v) is 5.57. The van der Waals surface area contributed by atoms with E-state index < -0.39 is 0 Å². The molecule has 1 aliphatic rings. The van der Waals surface area contributed by atoms with Crippen molar-refractivity contribution in [1.29, 1.82) is 0 Å². The predicted molar refractivity (Wildman–Crippen MR) is 120 cm³/mol. The van der Waals surface area contributed by atoms with E-state index >= 15 is 0 Å². The minimum Gasteiger partial charge on any atom is -0.368 e. The molecule has 32 heavy (non-hydrogen) atoms. The van der Waals surface area contributed by atoms with E-state index in [9.17, 15) is 14.0 Å². The summed E-state index contributed by atoms with van der Waals surface area (Å²) in [5.74, 6) is -0.543. The van der Waals surface area contributed by atoms with Crippen LogP contribution in [-0.2, 0) is 4.79 Å². The summed E-state index contributed by atoms with van der Waals surface area (Å²) in [6, 6.07) is 17.7. The zero-order chi connectivity index (χ0) is 22.5.